The lowest BCUT2D eigenvalue weighted by Gasteiger charge is -2.15. The van der Waals surface area contributed by atoms with Crippen LogP contribution in [0.3, 0.4) is 0 Å². The van der Waals surface area contributed by atoms with Gasteiger partial charge in [0.05, 0.1) is 6.61 Å². The molecule has 0 heterocycles. The first-order valence-electron chi connectivity index (χ1n) is 15.0. The maximum atomic E-state index is 9.99. The summed E-state index contributed by atoms with van der Waals surface area (Å²) < 4.78 is 12.6. The molecule has 0 fully saturated rings. The molecule has 0 radical (unpaired) electrons. The molecular formula is C41H28O3. The first kappa shape index (κ1) is 25.1. The molecule has 3 nitrogen and oxygen atoms in total. The van der Waals surface area contributed by atoms with Crippen molar-refractivity contribution in [1.29, 1.82) is 0 Å². The molecule has 0 amide bonds. The van der Waals surface area contributed by atoms with Crippen LogP contribution in [0.25, 0.3) is 64.6 Å². The Morgan fingerprint density at radius 2 is 0.705 bits per heavy atom. The predicted octanol–water partition coefficient (Wildman–Crippen LogP) is 10.1. The molecule has 3 heteroatoms. The van der Waals surface area contributed by atoms with Gasteiger partial charge in [-0.2, -0.15) is 0 Å². The van der Waals surface area contributed by atoms with E-state index in [2.05, 4.69) is 109 Å². The van der Waals surface area contributed by atoms with Crippen LogP contribution in [0.15, 0.2) is 127 Å². The van der Waals surface area contributed by atoms with E-state index in [0.717, 1.165) is 16.7 Å². The van der Waals surface area contributed by atoms with Crippen LogP contribution >= 0.6 is 0 Å². The Bertz CT molecular complexity index is 2190. The van der Waals surface area contributed by atoms with Crippen molar-refractivity contribution in [3.05, 3.63) is 144 Å². The second-order valence-corrected chi connectivity index (χ2v) is 11.8. The smallest absolute Gasteiger partial charge is 0.123 e. The molecule has 44 heavy (non-hydrogen) atoms. The maximum Gasteiger partial charge on any atom is 0.123 e. The van der Waals surface area contributed by atoms with Gasteiger partial charge in [0.25, 0.3) is 0 Å². The molecule has 0 aliphatic carbocycles. The summed E-state index contributed by atoms with van der Waals surface area (Å²) in [5.41, 5.74) is 2.95. The van der Waals surface area contributed by atoms with E-state index >= 15 is 0 Å². The lowest BCUT2D eigenvalue weighted by atomic mass is 9.93. The van der Waals surface area contributed by atoms with Crippen LogP contribution in [0.1, 0.15) is 16.7 Å². The zero-order valence-corrected chi connectivity index (χ0v) is 24.0. The van der Waals surface area contributed by atoms with E-state index in [0.29, 0.717) is 24.7 Å². The third kappa shape index (κ3) is 4.09. The number of hydrogen-bond acceptors (Lipinski definition) is 3. The third-order valence-corrected chi connectivity index (χ3v) is 8.98. The van der Waals surface area contributed by atoms with Crippen LogP contribution in [0.5, 0.6) is 11.5 Å². The first-order chi connectivity index (χ1) is 21.7. The molecule has 0 aromatic heterocycles. The van der Waals surface area contributed by atoms with Crippen molar-refractivity contribution in [2.24, 2.45) is 0 Å². The monoisotopic (exact) mass is 568 g/mol. The second kappa shape index (κ2) is 9.84. The number of aliphatic hydroxyl groups is 1. The zero-order valence-electron chi connectivity index (χ0n) is 24.0. The molecule has 0 saturated carbocycles. The summed E-state index contributed by atoms with van der Waals surface area (Å²) in [6, 6.07) is 45.1. The van der Waals surface area contributed by atoms with Crippen LogP contribution in [0.2, 0.25) is 0 Å². The normalized spacial score (nSPS) is 12.0. The van der Waals surface area contributed by atoms with Gasteiger partial charge >= 0.3 is 0 Å². The van der Waals surface area contributed by atoms with Crippen molar-refractivity contribution in [3.63, 3.8) is 0 Å². The van der Waals surface area contributed by atoms with E-state index < -0.39 is 0 Å². The minimum absolute atomic E-state index is 0.0891. The minimum Gasteiger partial charge on any atom is -0.489 e. The van der Waals surface area contributed by atoms with Crippen molar-refractivity contribution in [3.8, 4) is 11.5 Å². The molecule has 9 aromatic rings. The molecule has 0 unspecified atom stereocenters. The van der Waals surface area contributed by atoms with Crippen molar-refractivity contribution in [2.75, 3.05) is 0 Å². The Morgan fingerprint density at radius 3 is 1.07 bits per heavy atom. The van der Waals surface area contributed by atoms with Gasteiger partial charge in [-0.25, -0.2) is 0 Å². The summed E-state index contributed by atoms with van der Waals surface area (Å²) >= 11 is 0. The van der Waals surface area contributed by atoms with Crippen LogP contribution in [0.4, 0.5) is 0 Å². The zero-order chi connectivity index (χ0) is 29.2. The summed E-state index contributed by atoms with van der Waals surface area (Å²) in [5.74, 6) is 1.35. The average Bonchev–Trinajstić information content (AvgIpc) is 3.07. The van der Waals surface area contributed by atoms with Crippen molar-refractivity contribution in [1.82, 2.24) is 0 Å². The van der Waals surface area contributed by atoms with Crippen LogP contribution in [0, 0.1) is 0 Å². The molecule has 1 N–H and O–H groups in total. The second-order valence-electron chi connectivity index (χ2n) is 11.8. The summed E-state index contributed by atoms with van der Waals surface area (Å²) in [5, 5.41) is 25.1. The highest BCUT2D eigenvalue weighted by Crippen LogP contribution is 2.37. The molecule has 210 valence electrons. The fourth-order valence-electron chi connectivity index (χ4n) is 7.02. The fourth-order valence-corrected chi connectivity index (χ4v) is 7.02. The lowest BCUT2D eigenvalue weighted by molar-refractivity contribution is 0.271. The molecule has 0 atom stereocenters. The minimum atomic E-state index is -0.0891. The summed E-state index contributed by atoms with van der Waals surface area (Å²) in [6.07, 6.45) is 0. The standard InChI is InChI=1S/C41H28O3/c42-22-25-19-36(43-23-26-15-32-11-7-28-3-1-4-29-8-12-33(16-26)40(32)38(28)29)21-37(20-25)44-24-27-17-34-13-9-30-5-2-6-31-10-14-35(18-27)41(34)39(30)31/h1-21,42H,22-24H2. The molecule has 0 spiro atoms. The van der Waals surface area contributed by atoms with E-state index in [4.69, 9.17) is 9.47 Å². The topological polar surface area (TPSA) is 38.7 Å². The van der Waals surface area contributed by atoms with Gasteiger partial charge in [-0.05, 0) is 118 Å². The Hall–Kier alpha value is -5.38. The number of benzene rings is 9. The van der Waals surface area contributed by atoms with Crippen molar-refractivity contribution in [2.45, 2.75) is 19.8 Å². The summed E-state index contributed by atoms with van der Waals surface area (Å²) in [7, 11) is 0. The number of rotatable bonds is 7. The van der Waals surface area contributed by atoms with Gasteiger partial charge in [0.15, 0.2) is 0 Å². The maximum absolute atomic E-state index is 9.99. The highest BCUT2D eigenvalue weighted by molar-refractivity contribution is 6.24. The molecule has 0 saturated heterocycles. The highest BCUT2D eigenvalue weighted by Gasteiger charge is 2.12. The number of ether oxygens (including phenoxy) is 2. The van der Waals surface area contributed by atoms with Gasteiger partial charge in [-0.1, -0.05) is 84.9 Å². The van der Waals surface area contributed by atoms with Gasteiger partial charge in [0.2, 0.25) is 0 Å². The van der Waals surface area contributed by atoms with E-state index in [1.54, 1.807) is 0 Å². The van der Waals surface area contributed by atoms with Crippen molar-refractivity contribution >= 4 is 64.6 Å². The predicted molar refractivity (Wildman–Crippen MR) is 181 cm³/mol. The lowest BCUT2D eigenvalue weighted by Crippen LogP contribution is -2.00. The average molecular weight is 569 g/mol. The van der Waals surface area contributed by atoms with E-state index in [1.165, 1.54) is 64.6 Å². The Balaban J connectivity index is 0.984. The van der Waals surface area contributed by atoms with Crippen LogP contribution in [-0.2, 0) is 19.8 Å². The first-order valence-corrected chi connectivity index (χ1v) is 15.0. The van der Waals surface area contributed by atoms with E-state index in [-0.39, 0.29) is 6.61 Å². The fraction of sp³-hybridized carbons (Fsp3) is 0.0732. The number of aliphatic hydroxyl groups excluding tert-OH is 1. The molecular weight excluding hydrogens is 540 g/mol. The van der Waals surface area contributed by atoms with Crippen LogP contribution in [-0.4, -0.2) is 5.11 Å². The number of hydrogen-bond donors (Lipinski definition) is 1. The van der Waals surface area contributed by atoms with E-state index in [9.17, 15) is 5.11 Å². The quantitative estimate of drug-likeness (QED) is 0.194. The summed E-state index contributed by atoms with van der Waals surface area (Å²) in [6.45, 7) is 0.746. The third-order valence-electron chi connectivity index (χ3n) is 8.98. The SMILES string of the molecule is OCc1cc(OCc2cc3ccc4cccc5ccc(c2)c3c45)cc(OCc2cc3ccc4cccc5ccc(c2)c3c45)c1. The Kier molecular flexibility index (Phi) is 5.62. The molecule has 0 aliphatic heterocycles. The highest BCUT2D eigenvalue weighted by atomic mass is 16.5. The van der Waals surface area contributed by atoms with Gasteiger partial charge in [-0.15, -0.1) is 0 Å². The largest absolute Gasteiger partial charge is 0.489 e. The van der Waals surface area contributed by atoms with Crippen LogP contribution < -0.4 is 9.47 Å². The molecule has 9 aromatic carbocycles. The Morgan fingerprint density at radius 1 is 0.364 bits per heavy atom. The van der Waals surface area contributed by atoms with E-state index in [1.807, 2.05) is 18.2 Å². The Labute approximate surface area is 254 Å². The summed E-state index contributed by atoms with van der Waals surface area (Å²) in [4.78, 5) is 0. The van der Waals surface area contributed by atoms with Gasteiger partial charge in [0.1, 0.15) is 24.7 Å². The van der Waals surface area contributed by atoms with Gasteiger partial charge in [-0.3, -0.25) is 0 Å². The van der Waals surface area contributed by atoms with Gasteiger partial charge in [0, 0.05) is 6.07 Å². The molecule has 0 bridgehead atoms. The molecule has 0 aliphatic rings. The molecule has 9 rings (SSSR count). The van der Waals surface area contributed by atoms with Crippen molar-refractivity contribution < 1.29 is 14.6 Å². The van der Waals surface area contributed by atoms with Gasteiger partial charge < -0.3 is 14.6 Å².